The van der Waals surface area contributed by atoms with Crippen molar-refractivity contribution in [1.82, 2.24) is 4.90 Å². The van der Waals surface area contributed by atoms with Crippen LogP contribution in [-0.2, 0) is 11.3 Å². The first-order valence-corrected chi connectivity index (χ1v) is 9.12. The van der Waals surface area contributed by atoms with Gasteiger partial charge in [-0.3, -0.25) is 4.79 Å². The summed E-state index contributed by atoms with van der Waals surface area (Å²) in [5.41, 5.74) is 0.895. The van der Waals surface area contributed by atoms with Crippen LogP contribution in [0.25, 0.3) is 0 Å². The first-order valence-electron chi connectivity index (χ1n) is 9.12. The second-order valence-electron chi connectivity index (χ2n) is 8.03. The van der Waals surface area contributed by atoms with E-state index in [1.54, 1.807) is 0 Å². The molecule has 1 fully saturated rings. The lowest BCUT2D eigenvalue weighted by molar-refractivity contribution is -0.137. The molecule has 1 aromatic rings. The van der Waals surface area contributed by atoms with Crippen LogP contribution < -0.4 is 9.47 Å². The number of ether oxygens (including phenoxy) is 2. The van der Waals surface area contributed by atoms with E-state index in [2.05, 4.69) is 20.8 Å². The lowest BCUT2D eigenvalue weighted by atomic mass is 9.99. The molecule has 1 heterocycles. The molecule has 1 aromatic carbocycles. The van der Waals surface area contributed by atoms with E-state index in [-0.39, 0.29) is 18.2 Å². The van der Waals surface area contributed by atoms with Crippen LogP contribution in [0.15, 0.2) is 18.2 Å². The van der Waals surface area contributed by atoms with Crippen molar-refractivity contribution in [3.8, 4) is 11.5 Å². The zero-order valence-corrected chi connectivity index (χ0v) is 15.1. The molecule has 0 radical (unpaired) electrons. The van der Waals surface area contributed by atoms with Gasteiger partial charge in [0.05, 0.1) is 0 Å². The van der Waals surface area contributed by atoms with E-state index in [1.165, 1.54) is 25.7 Å². The molecular formula is C20H29NO3. The zero-order chi connectivity index (χ0) is 17.2. The van der Waals surface area contributed by atoms with Crippen molar-refractivity contribution < 1.29 is 14.3 Å². The second-order valence-corrected chi connectivity index (χ2v) is 8.03. The van der Waals surface area contributed by atoms with Gasteiger partial charge in [-0.15, -0.1) is 0 Å². The summed E-state index contributed by atoms with van der Waals surface area (Å²) < 4.78 is 10.8. The Morgan fingerprint density at radius 3 is 2.58 bits per heavy atom. The highest BCUT2D eigenvalue weighted by atomic mass is 16.7. The van der Waals surface area contributed by atoms with Gasteiger partial charge in [-0.25, -0.2) is 0 Å². The molecule has 1 aliphatic heterocycles. The summed E-state index contributed by atoms with van der Waals surface area (Å²) in [4.78, 5) is 14.9. The summed E-state index contributed by atoms with van der Waals surface area (Å²) in [6.07, 6.45) is 6.95. The molecule has 0 unspecified atom stereocenters. The Bertz CT molecular complexity index is 585. The van der Waals surface area contributed by atoms with E-state index in [1.807, 2.05) is 23.1 Å². The van der Waals surface area contributed by atoms with Gasteiger partial charge in [0, 0.05) is 18.5 Å². The Balaban J connectivity index is 1.66. The van der Waals surface area contributed by atoms with Gasteiger partial charge in [-0.2, -0.15) is 0 Å². The Morgan fingerprint density at radius 1 is 1.17 bits per heavy atom. The van der Waals surface area contributed by atoms with Crippen molar-refractivity contribution >= 4 is 5.91 Å². The van der Waals surface area contributed by atoms with Gasteiger partial charge < -0.3 is 14.4 Å². The molecule has 0 aromatic heterocycles. The van der Waals surface area contributed by atoms with Gasteiger partial charge >= 0.3 is 0 Å². The van der Waals surface area contributed by atoms with Crippen molar-refractivity contribution in [2.75, 3.05) is 6.79 Å². The number of carbonyl (C=O) groups is 1. The lowest BCUT2D eigenvalue weighted by Gasteiger charge is -2.36. The van der Waals surface area contributed by atoms with Crippen molar-refractivity contribution in [3.63, 3.8) is 0 Å². The van der Waals surface area contributed by atoms with Crippen LogP contribution in [0.2, 0.25) is 0 Å². The maximum absolute atomic E-state index is 12.9. The average molecular weight is 331 g/mol. The predicted octanol–water partition coefficient (Wildman–Crippen LogP) is 4.51. The van der Waals surface area contributed by atoms with E-state index in [9.17, 15) is 4.79 Å². The van der Waals surface area contributed by atoms with Crippen molar-refractivity contribution in [3.05, 3.63) is 23.8 Å². The topological polar surface area (TPSA) is 38.8 Å². The van der Waals surface area contributed by atoms with Crippen molar-refractivity contribution in [2.45, 2.75) is 71.4 Å². The maximum Gasteiger partial charge on any atom is 0.231 e. The zero-order valence-electron chi connectivity index (χ0n) is 15.1. The van der Waals surface area contributed by atoms with Gasteiger partial charge in [0.15, 0.2) is 11.5 Å². The van der Waals surface area contributed by atoms with E-state index in [0.29, 0.717) is 13.0 Å². The molecule has 2 aliphatic rings. The molecule has 4 heteroatoms. The summed E-state index contributed by atoms with van der Waals surface area (Å²) in [5.74, 6) is 2.57. The number of carbonyl (C=O) groups excluding carboxylic acids is 1. The number of hydrogen-bond donors (Lipinski definition) is 0. The van der Waals surface area contributed by atoms with Crippen molar-refractivity contribution in [2.24, 2.45) is 5.92 Å². The van der Waals surface area contributed by atoms with Crippen LogP contribution >= 0.6 is 0 Å². The first-order chi connectivity index (χ1) is 11.4. The largest absolute Gasteiger partial charge is 0.454 e. The number of hydrogen-bond acceptors (Lipinski definition) is 3. The SMILES string of the molecule is CC(C)(C)N(Cc1ccc2c(c1)OCO2)C(=O)CCC1CCCC1. The van der Waals surface area contributed by atoms with Gasteiger partial charge in [0.2, 0.25) is 12.7 Å². The normalized spacial score (nSPS) is 17.3. The summed E-state index contributed by atoms with van der Waals surface area (Å²) in [7, 11) is 0. The third-order valence-corrected chi connectivity index (χ3v) is 5.13. The highest BCUT2D eigenvalue weighted by Gasteiger charge is 2.28. The van der Waals surface area contributed by atoms with Gasteiger partial charge in [-0.1, -0.05) is 31.7 Å². The van der Waals surface area contributed by atoms with Crippen LogP contribution in [0.1, 0.15) is 64.9 Å². The molecule has 1 saturated carbocycles. The molecule has 0 bridgehead atoms. The second kappa shape index (κ2) is 7.04. The number of amides is 1. The fourth-order valence-corrected chi connectivity index (χ4v) is 3.68. The number of fused-ring (bicyclic) bond motifs is 1. The smallest absolute Gasteiger partial charge is 0.231 e. The van der Waals surface area contributed by atoms with E-state index in [0.717, 1.165) is 29.4 Å². The molecule has 0 spiro atoms. The van der Waals surface area contributed by atoms with Gasteiger partial charge in [-0.05, 0) is 50.8 Å². The predicted molar refractivity (Wildman–Crippen MR) is 94.1 cm³/mol. The summed E-state index contributed by atoms with van der Waals surface area (Å²) >= 11 is 0. The average Bonchev–Trinajstić information content (AvgIpc) is 3.19. The minimum absolute atomic E-state index is 0.191. The first kappa shape index (κ1) is 17.1. The third-order valence-electron chi connectivity index (χ3n) is 5.13. The van der Waals surface area contributed by atoms with Crippen LogP contribution in [-0.4, -0.2) is 23.1 Å². The fourth-order valence-electron chi connectivity index (χ4n) is 3.68. The van der Waals surface area contributed by atoms with E-state index >= 15 is 0 Å². The summed E-state index contributed by atoms with van der Waals surface area (Å²) in [5, 5.41) is 0. The number of nitrogens with zero attached hydrogens (tertiary/aromatic N) is 1. The monoisotopic (exact) mass is 331 g/mol. The molecule has 3 rings (SSSR count). The molecule has 0 N–H and O–H groups in total. The Labute approximate surface area is 145 Å². The molecule has 4 nitrogen and oxygen atoms in total. The van der Waals surface area contributed by atoms with Crippen LogP contribution in [0.4, 0.5) is 0 Å². The minimum atomic E-state index is -0.191. The summed E-state index contributed by atoms with van der Waals surface area (Å²) in [6, 6.07) is 5.95. The third kappa shape index (κ3) is 4.03. The Kier molecular flexibility index (Phi) is 5.02. The molecular weight excluding hydrogens is 302 g/mol. The van der Waals surface area contributed by atoms with Gasteiger partial charge in [0.25, 0.3) is 0 Å². The highest BCUT2D eigenvalue weighted by molar-refractivity contribution is 5.77. The van der Waals surface area contributed by atoms with E-state index < -0.39 is 0 Å². The number of benzene rings is 1. The minimum Gasteiger partial charge on any atom is -0.454 e. The molecule has 24 heavy (non-hydrogen) atoms. The van der Waals surface area contributed by atoms with Crippen molar-refractivity contribution in [1.29, 1.82) is 0 Å². The highest BCUT2D eigenvalue weighted by Crippen LogP contribution is 2.34. The maximum atomic E-state index is 12.9. The molecule has 132 valence electrons. The Morgan fingerprint density at radius 2 is 1.88 bits per heavy atom. The Hall–Kier alpha value is -1.71. The quantitative estimate of drug-likeness (QED) is 0.796. The van der Waals surface area contributed by atoms with Crippen LogP contribution in [0.3, 0.4) is 0 Å². The standard InChI is InChI=1S/C20H29NO3/c1-20(2,3)21(19(22)11-9-15-6-4-5-7-15)13-16-8-10-17-18(12-16)24-14-23-17/h8,10,12,15H,4-7,9,11,13-14H2,1-3H3. The molecule has 0 saturated heterocycles. The van der Waals surface area contributed by atoms with E-state index in [4.69, 9.17) is 9.47 Å². The molecule has 1 aliphatic carbocycles. The van der Waals surface area contributed by atoms with Gasteiger partial charge in [0.1, 0.15) is 0 Å². The lowest BCUT2D eigenvalue weighted by Crippen LogP contribution is -2.45. The number of rotatable bonds is 5. The summed E-state index contributed by atoms with van der Waals surface area (Å²) in [6.45, 7) is 7.21. The fraction of sp³-hybridized carbons (Fsp3) is 0.650. The molecule has 1 amide bonds. The molecule has 0 atom stereocenters. The van der Waals surface area contributed by atoms with Crippen LogP contribution in [0, 0.1) is 5.92 Å². The van der Waals surface area contributed by atoms with Crippen LogP contribution in [0.5, 0.6) is 11.5 Å².